The molecule has 1 N–H and O–H groups in total. The van der Waals surface area contributed by atoms with E-state index in [2.05, 4.69) is 21.2 Å². The normalized spacial score (nSPS) is 14.1. The van der Waals surface area contributed by atoms with E-state index < -0.39 is 34.3 Å². The number of amides is 2. The van der Waals surface area contributed by atoms with Gasteiger partial charge in [-0.1, -0.05) is 95.5 Å². The lowest BCUT2D eigenvalue weighted by atomic mass is 10.0. The number of benzene rings is 4. The van der Waals surface area contributed by atoms with Crippen LogP contribution in [-0.2, 0) is 32.6 Å². The van der Waals surface area contributed by atoms with Crippen molar-refractivity contribution >= 4 is 43.5 Å². The fraction of sp³-hybridized carbons (Fsp3) is 0.257. The second-order valence-electron chi connectivity index (χ2n) is 11.1. The minimum atomic E-state index is -4.19. The molecular formula is C35H35BrFN3O4S. The summed E-state index contributed by atoms with van der Waals surface area (Å²) in [5, 5.41) is 3.15. The SMILES string of the molecule is O=C(NC1CCCC1)[C@H](Cc1ccccc1)N(Cc1ccc(F)cc1)C(=O)CN(c1cccc(Br)c1)S(=O)(=O)c1ccccc1. The van der Waals surface area contributed by atoms with Crippen LogP contribution in [0, 0.1) is 5.82 Å². The van der Waals surface area contributed by atoms with E-state index in [9.17, 15) is 22.4 Å². The highest BCUT2D eigenvalue weighted by Gasteiger charge is 2.35. The van der Waals surface area contributed by atoms with Crippen molar-refractivity contribution in [2.45, 2.75) is 55.6 Å². The molecule has 0 spiro atoms. The highest BCUT2D eigenvalue weighted by molar-refractivity contribution is 9.10. The lowest BCUT2D eigenvalue weighted by molar-refractivity contribution is -0.140. The fourth-order valence-corrected chi connectivity index (χ4v) is 7.40. The molecule has 4 aromatic carbocycles. The lowest BCUT2D eigenvalue weighted by Crippen LogP contribution is -2.54. The van der Waals surface area contributed by atoms with Crippen LogP contribution in [0.25, 0.3) is 0 Å². The molecule has 10 heteroatoms. The summed E-state index contributed by atoms with van der Waals surface area (Å²) < 4.78 is 43.6. The van der Waals surface area contributed by atoms with Crippen molar-refractivity contribution in [2.75, 3.05) is 10.8 Å². The van der Waals surface area contributed by atoms with E-state index in [-0.39, 0.29) is 29.8 Å². The average Bonchev–Trinajstić information content (AvgIpc) is 3.56. The molecule has 1 saturated carbocycles. The Balaban J connectivity index is 1.56. The van der Waals surface area contributed by atoms with Gasteiger partial charge in [-0.15, -0.1) is 0 Å². The summed E-state index contributed by atoms with van der Waals surface area (Å²) in [4.78, 5) is 30.0. The molecule has 5 rings (SSSR count). The standard InChI is InChI=1S/C35H35BrFN3O4S/c36-28-12-9-15-31(23-28)40(45(43,44)32-16-5-2-6-17-32)25-34(41)39(24-27-18-20-29(37)21-19-27)33(22-26-10-3-1-4-11-26)35(42)38-30-13-7-8-14-30/h1-6,9-12,15-21,23,30,33H,7-8,13-14,22,24-25H2,(H,38,42)/t33-/m0/s1. The summed E-state index contributed by atoms with van der Waals surface area (Å²) in [6.45, 7) is -0.580. The smallest absolute Gasteiger partial charge is 0.264 e. The first kappa shape index (κ1) is 32.4. The van der Waals surface area contributed by atoms with Gasteiger partial charge in [0.05, 0.1) is 10.6 Å². The Labute approximate surface area is 272 Å². The van der Waals surface area contributed by atoms with E-state index in [1.807, 2.05) is 30.3 Å². The number of sulfonamides is 1. The van der Waals surface area contributed by atoms with Crippen LogP contribution in [0.2, 0.25) is 0 Å². The van der Waals surface area contributed by atoms with Gasteiger partial charge < -0.3 is 10.2 Å². The Morgan fingerprint density at radius 3 is 2.13 bits per heavy atom. The van der Waals surface area contributed by atoms with Crippen molar-refractivity contribution in [3.8, 4) is 0 Å². The van der Waals surface area contributed by atoms with Gasteiger partial charge >= 0.3 is 0 Å². The number of nitrogens with one attached hydrogen (secondary N) is 1. The number of hydrogen-bond acceptors (Lipinski definition) is 4. The molecule has 234 valence electrons. The monoisotopic (exact) mass is 691 g/mol. The molecule has 0 radical (unpaired) electrons. The van der Waals surface area contributed by atoms with Crippen molar-refractivity contribution in [1.82, 2.24) is 10.2 Å². The summed E-state index contributed by atoms with van der Waals surface area (Å²) in [6, 6.07) is 28.8. The number of carbonyl (C=O) groups is 2. The predicted molar refractivity (Wildman–Crippen MR) is 176 cm³/mol. The van der Waals surface area contributed by atoms with Gasteiger partial charge in [0, 0.05) is 23.5 Å². The molecule has 0 aromatic heterocycles. The van der Waals surface area contributed by atoms with Gasteiger partial charge in [0.2, 0.25) is 11.8 Å². The minimum Gasteiger partial charge on any atom is -0.352 e. The van der Waals surface area contributed by atoms with Gasteiger partial charge in [-0.2, -0.15) is 0 Å². The molecule has 0 unspecified atom stereocenters. The van der Waals surface area contributed by atoms with Crippen molar-refractivity contribution in [3.63, 3.8) is 0 Å². The molecule has 1 aliphatic rings. The highest BCUT2D eigenvalue weighted by Crippen LogP contribution is 2.27. The van der Waals surface area contributed by atoms with Gasteiger partial charge in [0.1, 0.15) is 18.4 Å². The van der Waals surface area contributed by atoms with Crippen LogP contribution in [-0.4, -0.2) is 43.8 Å². The number of anilines is 1. The Kier molecular flexibility index (Phi) is 10.7. The van der Waals surface area contributed by atoms with Gasteiger partial charge in [0.25, 0.3) is 10.0 Å². The molecule has 4 aromatic rings. The molecule has 1 fully saturated rings. The van der Waals surface area contributed by atoms with Crippen LogP contribution in [0.4, 0.5) is 10.1 Å². The van der Waals surface area contributed by atoms with Crippen LogP contribution in [0.1, 0.15) is 36.8 Å². The first-order chi connectivity index (χ1) is 21.7. The van der Waals surface area contributed by atoms with E-state index in [0.29, 0.717) is 15.7 Å². The van der Waals surface area contributed by atoms with E-state index in [4.69, 9.17) is 0 Å². The zero-order valence-corrected chi connectivity index (χ0v) is 27.1. The molecule has 0 aliphatic heterocycles. The summed E-state index contributed by atoms with van der Waals surface area (Å²) in [7, 11) is -4.19. The maximum absolute atomic E-state index is 14.5. The van der Waals surface area contributed by atoms with Gasteiger partial charge in [0.15, 0.2) is 0 Å². The molecule has 2 amide bonds. The molecular weight excluding hydrogens is 657 g/mol. The second kappa shape index (κ2) is 14.8. The van der Waals surface area contributed by atoms with E-state index >= 15 is 0 Å². The summed E-state index contributed by atoms with van der Waals surface area (Å²) >= 11 is 3.42. The number of halogens is 2. The first-order valence-corrected chi connectivity index (χ1v) is 17.2. The molecule has 45 heavy (non-hydrogen) atoms. The number of hydrogen-bond donors (Lipinski definition) is 1. The molecule has 1 atom stereocenters. The maximum Gasteiger partial charge on any atom is 0.264 e. The molecule has 0 saturated heterocycles. The van der Waals surface area contributed by atoms with E-state index in [0.717, 1.165) is 35.6 Å². The largest absolute Gasteiger partial charge is 0.352 e. The Morgan fingerprint density at radius 1 is 0.844 bits per heavy atom. The summed E-state index contributed by atoms with van der Waals surface area (Å²) in [5.41, 5.74) is 1.75. The summed E-state index contributed by atoms with van der Waals surface area (Å²) in [5.74, 6) is -1.30. The maximum atomic E-state index is 14.5. The number of nitrogens with zero attached hydrogens (tertiary/aromatic N) is 2. The number of rotatable bonds is 12. The van der Waals surface area contributed by atoms with Crippen LogP contribution in [0.3, 0.4) is 0 Å². The molecule has 0 heterocycles. The van der Waals surface area contributed by atoms with E-state index in [1.165, 1.54) is 29.2 Å². The van der Waals surface area contributed by atoms with Gasteiger partial charge in [-0.05, 0) is 66.4 Å². The predicted octanol–water partition coefficient (Wildman–Crippen LogP) is 6.48. The van der Waals surface area contributed by atoms with Gasteiger partial charge in [-0.3, -0.25) is 13.9 Å². The quantitative estimate of drug-likeness (QED) is 0.184. The van der Waals surface area contributed by atoms with Crippen molar-refractivity contribution in [3.05, 3.63) is 131 Å². The molecule has 7 nitrogen and oxygen atoms in total. The highest BCUT2D eigenvalue weighted by atomic mass is 79.9. The zero-order chi connectivity index (χ0) is 31.8. The molecule has 0 bridgehead atoms. The third-order valence-electron chi connectivity index (χ3n) is 7.95. The van der Waals surface area contributed by atoms with Crippen LogP contribution in [0.15, 0.2) is 119 Å². The average molecular weight is 693 g/mol. The fourth-order valence-electron chi connectivity index (χ4n) is 5.59. The molecule has 1 aliphatic carbocycles. The Hall–Kier alpha value is -4.02. The first-order valence-electron chi connectivity index (χ1n) is 14.9. The van der Waals surface area contributed by atoms with Crippen molar-refractivity contribution < 1.29 is 22.4 Å². The third-order valence-corrected chi connectivity index (χ3v) is 10.2. The minimum absolute atomic E-state index is 0.00942. The van der Waals surface area contributed by atoms with E-state index in [1.54, 1.807) is 54.6 Å². The summed E-state index contributed by atoms with van der Waals surface area (Å²) in [6.07, 6.45) is 3.98. The second-order valence-corrected chi connectivity index (χ2v) is 13.9. The van der Waals surface area contributed by atoms with Crippen molar-refractivity contribution in [2.24, 2.45) is 0 Å². The number of carbonyl (C=O) groups excluding carboxylic acids is 2. The Bertz CT molecular complexity index is 1700. The van der Waals surface area contributed by atoms with Crippen LogP contribution in [0.5, 0.6) is 0 Å². The topological polar surface area (TPSA) is 86.8 Å². The van der Waals surface area contributed by atoms with Crippen molar-refractivity contribution in [1.29, 1.82) is 0 Å². The van der Waals surface area contributed by atoms with Crippen LogP contribution < -0.4 is 9.62 Å². The Morgan fingerprint density at radius 2 is 1.49 bits per heavy atom. The van der Waals surface area contributed by atoms with Crippen LogP contribution >= 0.6 is 15.9 Å². The lowest BCUT2D eigenvalue weighted by Gasteiger charge is -2.34. The zero-order valence-electron chi connectivity index (χ0n) is 24.7. The third kappa shape index (κ3) is 8.38. The van der Waals surface area contributed by atoms with Gasteiger partial charge in [-0.25, -0.2) is 12.8 Å².